The Bertz CT molecular complexity index is 508. The molecule has 0 spiro atoms. The highest BCUT2D eigenvalue weighted by Gasteiger charge is 2.05. The van der Waals surface area contributed by atoms with Gasteiger partial charge >= 0.3 is 5.97 Å². The molecule has 0 rings (SSSR count). The predicted molar refractivity (Wildman–Crippen MR) is 111 cm³/mol. The van der Waals surface area contributed by atoms with Crippen LogP contribution < -0.4 is 0 Å². The lowest BCUT2D eigenvalue weighted by Crippen LogP contribution is -2.09. The summed E-state index contributed by atoms with van der Waals surface area (Å²) in [5.74, 6) is -0.796. The average Bonchev–Trinajstić information content (AvgIpc) is 2.63. The van der Waals surface area contributed by atoms with Crippen LogP contribution in [-0.2, 0) is 9.53 Å². The summed E-state index contributed by atoms with van der Waals surface area (Å²) in [4.78, 5) is 10.5. The van der Waals surface area contributed by atoms with Crippen molar-refractivity contribution in [1.82, 2.24) is 0 Å². The zero-order valence-electron chi connectivity index (χ0n) is 16.2. The minimum Gasteiger partial charge on any atom is -0.481 e. The fourth-order valence-corrected chi connectivity index (χ4v) is 2.06. The zero-order chi connectivity index (χ0) is 19.3. The number of carboxylic acid groups (broad SMARTS) is 1. The molecule has 0 aromatic carbocycles. The topological polar surface area (TPSA) is 46.5 Å². The SMILES string of the molecule is CC/C=C\C/C=C\C/C=C\C/C=C\C/C=C\C=CC(CCC(=O)O)OC. The maximum Gasteiger partial charge on any atom is 0.303 e. The highest BCUT2D eigenvalue weighted by atomic mass is 16.5. The van der Waals surface area contributed by atoms with Gasteiger partial charge in [0, 0.05) is 13.5 Å². The van der Waals surface area contributed by atoms with Crippen LogP contribution in [0.1, 0.15) is 51.9 Å². The standard InChI is InChI=1S/C23H34O3/c1-3-4-5-6-7-8-9-10-11-12-13-14-15-16-17-18-19-22(26-2)20-21-23(24)25/h4-5,7-8,10-11,13-14,16-19,22H,3,6,9,12,15,20-21H2,1-2H3,(H,24,25)/b5-4-,8-7-,11-10-,14-13-,17-16-,19-18?. The van der Waals surface area contributed by atoms with Gasteiger partial charge < -0.3 is 9.84 Å². The van der Waals surface area contributed by atoms with E-state index in [1.54, 1.807) is 7.11 Å². The van der Waals surface area contributed by atoms with Crippen molar-refractivity contribution < 1.29 is 14.6 Å². The lowest BCUT2D eigenvalue weighted by Gasteiger charge is -2.07. The molecule has 1 N–H and O–H groups in total. The quantitative estimate of drug-likeness (QED) is 0.281. The molecule has 3 heteroatoms. The van der Waals surface area contributed by atoms with Gasteiger partial charge in [-0.25, -0.2) is 0 Å². The number of methoxy groups -OCH3 is 1. The van der Waals surface area contributed by atoms with Crippen LogP contribution in [0.3, 0.4) is 0 Å². The van der Waals surface area contributed by atoms with Crippen LogP contribution in [0.4, 0.5) is 0 Å². The molecule has 0 fully saturated rings. The summed E-state index contributed by atoms with van der Waals surface area (Å²) in [6.45, 7) is 2.14. The number of aliphatic carboxylic acids is 1. The van der Waals surface area contributed by atoms with E-state index in [4.69, 9.17) is 9.84 Å². The first-order chi connectivity index (χ1) is 12.7. The van der Waals surface area contributed by atoms with Gasteiger partial charge in [-0.3, -0.25) is 4.79 Å². The van der Waals surface area contributed by atoms with Gasteiger partial charge in [-0.2, -0.15) is 0 Å². The maximum absolute atomic E-state index is 10.5. The summed E-state index contributed by atoms with van der Waals surface area (Å²) >= 11 is 0. The van der Waals surface area contributed by atoms with Crippen LogP contribution in [0.2, 0.25) is 0 Å². The minimum absolute atomic E-state index is 0.120. The van der Waals surface area contributed by atoms with Gasteiger partial charge in [0.1, 0.15) is 0 Å². The van der Waals surface area contributed by atoms with E-state index in [0.29, 0.717) is 6.42 Å². The van der Waals surface area contributed by atoms with Crippen LogP contribution in [0.5, 0.6) is 0 Å². The molecule has 0 aliphatic rings. The smallest absolute Gasteiger partial charge is 0.303 e. The molecule has 0 aliphatic heterocycles. The van der Waals surface area contributed by atoms with Gasteiger partial charge in [0.15, 0.2) is 0 Å². The number of carboxylic acids is 1. The fourth-order valence-electron chi connectivity index (χ4n) is 2.06. The third-order valence-electron chi connectivity index (χ3n) is 3.51. The molecule has 0 aromatic rings. The van der Waals surface area contributed by atoms with E-state index < -0.39 is 5.97 Å². The van der Waals surface area contributed by atoms with Gasteiger partial charge in [-0.05, 0) is 38.5 Å². The van der Waals surface area contributed by atoms with Crippen molar-refractivity contribution in [3.05, 3.63) is 72.9 Å². The molecule has 0 bridgehead atoms. The maximum atomic E-state index is 10.5. The van der Waals surface area contributed by atoms with Gasteiger partial charge in [0.25, 0.3) is 0 Å². The number of hydrogen-bond donors (Lipinski definition) is 1. The molecule has 0 saturated carbocycles. The number of carbonyl (C=O) groups is 1. The molecule has 144 valence electrons. The first-order valence-corrected chi connectivity index (χ1v) is 9.38. The summed E-state index contributed by atoms with van der Waals surface area (Å²) in [5, 5.41) is 8.66. The normalized spacial score (nSPS) is 14.2. The molecule has 0 aliphatic carbocycles. The summed E-state index contributed by atoms with van der Waals surface area (Å²) in [6, 6.07) is 0. The zero-order valence-corrected chi connectivity index (χ0v) is 16.2. The monoisotopic (exact) mass is 358 g/mol. The van der Waals surface area contributed by atoms with E-state index in [0.717, 1.165) is 32.1 Å². The van der Waals surface area contributed by atoms with Crippen LogP contribution in [0.25, 0.3) is 0 Å². The number of allylic oxidation sites excluding steroid dienone is 11. The second kappa shape index (κ2) is 19.2. The van der Waals surface area contributed by atoms with Crippen molar-refractivity contribution in [1.29, 1.82) is 0 Å². The molecule has 0 radical (unpaired) electrons. The van der Waals surface area contributed by atoms with Crippen molar-refractivity contribution in [2.24, 2.45) is 0 Å². The Morgan fingerprint density at radius 1 is 0.846 bits per heavy atom. The first-order valence-electron chi connectivity index (χ1n) is 9.38. The Hall–Kier alpha value is -2.13. The summed E-state index contributed by atoms with van der Waals surface area (Å²) in [6.07, 6.45) is 30.7. The summed E-state index contributed by atoms with van der Waals surface area (Å²) < 4.78 is 5.21. The number of rotatable bonds is 15. The Balaban J connectivity index is 3.77. The molecule has 0 aromatic heterocycles. The second-order valence-electron chi connectivity index (χ2n) is 5.76. The van der Waals surface area contributed by atoms with Crippen LogP contribution in [-0.4, -0.2) is 24.3 Å². The van der Waals surface area contributed by atoms with E-state index in [1.165, 1.54) is 0 Å². The second-order valence-corrected chi connectivity index (χ2v) is 5.76. The largest absolute Gasteiger partial charge is 0.481 e. The van der Waals surface area contributed by atoms with Crippen molar-refractivity contribution in [2.45, 2.75) is 58.0 Å². The Morgan fingerprint density at radius 3 is 1.81 bits per heavy atom. The van der Waals surface area contributed by atoms with E-state index in [2.05, 4.69) is 61.6 Å². The van der Waals surface area contributed by atoms with Gasteiger partial charge in [-0.15, -0.1) is 0 Å². The molecule has 0 saturated heterocycles. The Kier molecular flexibility index (Phi) is 17.6. The molecular weight excluding hydrogens is 324 g/mol. The Morgan fingerprint density at radius 2 is 1.35 bits per heavy atom. The summed E-state index contributed by atoms with van der Waals surface area (Å²) in [5.41, 5.74) is 0. The van der Waals surface area contributed by atoms with Crippen LogP contribution >= 0.6 is 0 Å². The molecule has 1 unspecified atom stereocenters. The molecular formula is C23H34O3. The lowest BCUT2D eigenvalue weighted by atomic mass is 10.2. The fraction of sp³-hybridized carbons (Fsp3) is 0.435. The van der Waals surface area contributed by atoms with Gasteiger partial charge in [0.2, 0.25) is 0 Å². The third kappa shape index (κ3) is 18.2. The lowest BCUT2D eigenvalue weighted by molar-refractivity contribution is -0.137. The van der Waals surface area contributed by atoms with E-state index in [9.17, 15) is 4.79 Å². The molecule has 26 heavy (non-hydrogen) atoms. The van der Waals surface area contributed by atoms with E-state index >= 15 is 0 Å². The first kappa shape index (κ1) is 23.9. The number of ether oxygens (including phenoxy) is 1. The van der Waals surface area contributed by atoms with Crippen molar-refractivity contribution >= 4 is 5.97 Å². The van der Waals surface area contributed by atoms with Crippen LogP contribution in [0, 0.1) is 0 Å². The van der Waals surface area contributed by atoms with Crippen molar-refractivity contribution in [2.75, 3.05) is 7.11 Å². The highest BCUT2D eigenvalue weighted by Crippen LogP contribution is 2.03. The van der Waals surface area contributed by atoms with Crippen LogP contribution in [0.15, 0.2) is 72.9 Å². The van der Waals surface area contributed by atoms with Crippen molar-refractivity contribution in [3.63, 3.8) is 0 Å². The summed E-state index contributed by atoms with van der Waals surface area (Å²) in [7, 11) is 1.59. The molecule has 3 nitrogen and oxygen atoms in total. The average molecular weight is 359 g/mol. The predicted octanol–water partition coefficient (Wildman–Crippen LogP) is 6.17. The van der Waals surface area contributed by atoms with Gasteiger partial charge in [0.05, 0.1) is 6.10 Å². The Labute approximate surface area is 159 Å². The van der Waals surface area contributed by atoms with E-state index in [-0.39, 0.29) is 12.5 Å². The van der Waals surface area contributed by atoms with Crippen molar-refractivity contribution in [3.8, 4) is 0 Å². The third-order valence-corrected chi connectivity index (χ3v) is 3.51. The molecule has 0 heterocycles. The minimum atomic E-state index is -0.796. The van der Waals surface area contributed by atoms with E-state index in [1.807, 2.05) is 18.2 Å². The molecule has 1 atom stereocenters. The molecule has 0 amide bonds. The highest BCUT2D eigenvalue weighted by molar-refractivity contribution is 5.66. The number of hydrogen-bond acceptors (Lipinski definition) is 2. The van der Waals surface area contributed by atoms with Gasteiger partial charge in [-0.1, -0.05) is 79.8 Å².